The van der Waals surface area contributed by atoms with E-state index in [0.717, 1.165) is 17.7 Å². The van der Waals surface area contributed by atoms with Crippen LogP contribution in [0.15, 0.2) is 24.3 Å². The predicted molar refractivity (Wildman–Crippen MR) is 70.9 cm³/mol. The molecule has 1 aromatic carbocycles. The molecule has 2 atom stereocenters. The minimum absolute atomic E-state index is 0.0384. The molecule has 0 bridgehead atoms. The first-order valence-corrected chi connectivity index (χ1v) is 6.18. The molecule has 0 saturated heterocycles. The van der Waals surface area contributed by atoms with E-state index in [2.05, 4.69) is 0 Å². The largest absolute Gasteiger partial charge is 0.497 e. The van der Waals surface area contributed by atoms with Crippen molar-refractivity contribution in [3.63, 3.8) is 0 Å². The summed E-state index contributed by atoms with van der Waals surface area (Å²) in [5, 5.41) is 8.97. The van der Waals surface area contributed by atoms with E-state index in [0.29, 0.717) is 6.42 Å². The number of methoxy groups -OCH3 is 1. The molecule has 2 unspecified atom stereocenters. The monoisotopic (exact) mass is 251 g/mol. The number of benzene rings is 1. The molecule has 1 aromatic rings. The number of ether oxygens (including phenoxy) is 1. The van der Waals surface area contributed by atoms with Gasteiger partial charge in [-0.05, 0) is 36.5 Å². The molecule has 0 saturated carbocycles. The number of hydrogen-bond acceptors (Lipinski definition) is 3. The zero-order valence-electron chi connectivity index (χ0n) is 10.9. The van der Waals surface area contributed by atoms with Crippen molar-refractivity contribution < 1.29 is 14.6 Å². The van der Waals surface area contributed by atoms with Crippen LogP contribution in [0, 0.1) is 0 Å². The Bertz CT molecular complexity index is 375. The molecule has 18 heavy (non-hydrogen) atoms. The second-order valence-corrected chi connectivity index (χ2v) is 4.47. The number of carboxylic acid groups (broad SMARTS) is 1. The zero-order valence-corrected chi connectivity index (χ0v) is 10.9. The van der Waals surface area contributed by atoms with Crippen LogP contribution in [0.3, 0.4) is 0 Å². The third-order valence-corrected chi connectivity index (χ3v) is 3.12. The minimum atomic E-state index is -0.792. The number of carbonyl (C=O) groups is 1. The molecule has 0 spiro atoms. The lowest BCUT2D eigenvalue weighted by molar-refractivity contribution is -0.137. The lowest BCUT2D eigenvalue weighted by Crippen LogP contribution is -2.23. The van der Waals surface area contributed by atoms with Crippen LogP contribution in [0.25, 0.3) is 0 Å². The van der Waals surface area contributed by atoms with E-state index in [1.807, 2.05) is 31.2 Å². The summed E-state index contributed by atoms with van der Waals surface area (Å²) in [6.07, 6.45) is 1.65. The maximum Gasteiger partial charge on any atom is 0.303 e. The van der Waals surface area contributed by atoms with Gasteiger partial charge in [-0.15, -0.1) is 0 Å². The molecule has 0 fully saturated rings. The fourth-order valence-corrected chi connectivity index (χ4v) is 1.96. The van der Waals surface area contributed by atoms with Gasteiger partial charge in [0.15, 0.2) is 0 Å². The molecule has 0 aliphatic carbocycles. The minimum Gasteiger partial charge on any atom is -0.497 e. The van der Waals surface area contributed by atoms with Crippen LogP contribution in [0.5, 0.6) is 5.75 Å². The molecule has 4 nitrogen and oxygen atoms in total. The number of nitrogens with two attached hydrogens (primary N) is 1. The topological polar surface area (TPSA) is 72.6 Å². The van der Waals surface area contributed by atoms with Gasteiger partial charge >= 0.3 is 5.97 Å². The second kappa shape index (κ2) is 7.01. The van der Waals surface area contributed by atoms with Crippen LogP contribution in [0.1, 0.15) is 37.7 Å². The van der Waals surface area contributed by atoms with E-state index < -0.39 is 5.97 Å². The van der Waals surface area contributed by atoms with Crippen molar-refractivity contribution in [1.29, 1.82) is 0 Å². The molecule has 1 rings (SSSR count). The average molecular weight is 251 g/mol. The average Bonchev–Trinajstić information content (AvgIpc) is 2.37. The molecular weight excluding hydrogens is 230 g/mol. The molecule has 100 valence electrons. The van der Waals surface area contributed by atoms with Gasteiger partial charge in [0.05, 0.1) is 13.5 Å². The number of rotatable bonds is 7. The van der Waals surface area contributed by atoms with Gasteiger partial charge in [-0.3, -0.25) is 4.79 Å². The highest BCUT2D eigenvalue weighted by molar-refractivity contribution is 5.68. The highest BCUT2D eigenvalue weighted by Crippen LogP contribution is 2.27. The summed E-state index contributed by atoms with van der Waals surface area (Å²) in [4.78, 5) is 10.9. The molecular formula is C14H21NO3. The normalized spacial score (nSPS) is 13.9. The Hall–Kier alpha value is -1.55. The van der Waals surface area contributed by atoms with E-state index >= 15 is 0 Å². The van der Waals surface area contributed by atoms with E-state index in [4.69, 9.17) is 15.6 Å². The van der Waals surface area contributed by atoms with Crippen molar-refractivity contribution in [3.8, 4) is 5.75 Å². The number of aliphatic carboxylic acids is 1. The summed E-state index contributed by atoms with van der Waals surface area (Å²) in [7, 11) is 1.61. The van der Waals surface area contributed by atoms with Crippen LogP contribution in [0.4, 0.5) is 0 Å². The van der Waals surface area contributed by atoms with Crippen molar-refractivity contribution in [1.82, 2.24) is 0 Å². The summed E-state index contributed by atoms with van der Waals surface area (Å²) < 4.78 is 5.09. The molecule has 0 aliphatic rings. The Morgan fingerprint density at radius 2 is 2.00 bits per heavy atom. The lowest BCUT2D eigenvalue weighted by atomic mass is 9.89. The second-order valence-electron chi connectivity index (χ2n) is 4.47. The smallest absolute Gasteiger partial charge is 0.303 e. The summed E-state index contributed by atoms with van der Waals surface area (Å²) in [5.41, 5.74) is 6.93. The first-order valence-electron chi connectivity index (χ1n) is 6.18. The molecule has 0 aliphatic heterocycles. The molecule has 0 aromatic heterocycles. The summed E-state index contributed by atoms with van der Waals surface area (Å²) in [5.74, 6) is -0.0601. The van der Waals surface area contributed by atoms with Crippen molar-refractivity contribution in [2.75, 3.05) is 7.11 Å². The van der Waals surface area contributed by atoms with Crippen LogP contribution >= 0.6 is 0 Å². The van der Waals surface area contributed by atoms with Gasteiger partial charge in [0, 0.05) is 6.04 Å². The Morgan fingerprint density at radius 1 is 1.39 bits per heavy atom. The highest BCUT2D eigenvalue weighted by atomic mass is 16.5. The van der Waals surface area contributed by atoms with Crippen molar-refractivity contribution in [3.05, 3.63) is 29.8 Å². The van der Waals surface area contributed by atoms with Crippen LogP contribution < -0.4 is 10.5 Å². The van der Waals surface area contributed by atoms with Gasteiger partial charge in [-0.2, -0.15) is 0 Å². The van der Waals surface area contributed by atoms with Crippen LogP contribution in [-0.2, 0) is 4.79 Å². The Morgan fingerprint density at radius 3 is 2.44 bits per heavy atom. The van der Waals surface area contributed by atoms with Gasteiger partial charge in [0.2, 0.25) is 0 Å². The van der Waals surface area contributed by atoms with Crippen LogP contribution in [0.2, 0.25) is 0 Å². The highest BCUT2D eigenvalue weighted by Gasteiger charge is 2.18. The van der Waals surface area contributed by atoms with E-state index in [-0.39, 0.29) is 18.4 Å². The van der Waals surface area contributed by atoms with Gasteiger partial charge in [-0.25, -0.2) is 0 Å². The molecule has 0 heterocycles. The summed E-state index contributed by atoms with van der Waals surface area (Å²) in [6, 6.07) is 7.56. The Balaban J connectivity index is 2.82. The van der Waals surface area contributed by atoms with Crippen molar-refractivity contribution >= 4 is 5.97 Å². The van der Waals surface area contributed by atoms with Crippen molar-refractivity contribution in [2.45, 2.75) is 38.1 Å². The van der Waals surface area contributed by atoms with E-state index in [1.165, 1.54) is 0 Å². The third-order valence-electron chi connectivity index (χ3n) is 3.12. The van der Waals surface area contributed by atoms with E-state index in [9.17, 15) is 4.79 Å². The molecule has 3 N–H and O–H groups in total. The van der Waals surface area contributed by atoms with Gasteiger partial charge in [0.1, 0.15) is 5.75 Å². The fourth-order valence-electron chi connectivity index (χ4n) is 1.96. The van der Waals surface area contributed by atoms with Gasteiger partial charge in [0.25, 0.3) is 0 Å². The maximum absolute atomic E-state index is 10.9. The van der Waals surface area contributed by atoms with Crippen LogP contribution in [-0.4, -0.2) is 24.2 Å². The van der Waals surface area contributed by atoms with Crippen molar-refractivity contribution in [2.24, 2.45) is 5.73 Å². The zero-order chi connectivity index (χ0) is 13.5. The van der Waals surface area contributed by atoms with Gasteiger partial charge in [-0.1, -0.05) is 19.1 Å². The summed E-state index contributed by atoms with van der Waals surface area (Å²) in [6.45, 7) is 2.01. The molecule has 0 amide bonds. The standard InChI is InChI=1S/C14H21NO3/c1-3-12(15)8-11(9-14(16)17)10-4-6-13(18-2)7-5-10/h4-7,11-12H,3,8-9,15H2,1-2H3,(H,16,17). The first kappa shape index (κ1) is 14.5. The fraction of sp³-hybridized carbons (Fsp3) is 0.500. The third kappa shape index (κ3) is 4.37. The lowest BCUT2D eigenvalue weighted by Gasteiger charge is -2.19. The molecule has 0 radical (unpaired) electrons. The first-order chi connectivity index (χ1) is 8.56. The molecule has 4 heteroatoms. The van der Waals surface area contributed by atoms with E-state index in [1.54, 1.807) is 7.11 Å². The SMILES string of the molecule is CCC(N)CC(CC(=O)O)c1ccc(OC)cc1. The Kier molecular flexibility index (Phi) is 5.65. The maximum atomic E-state index is 10.9. The number of hydrogen-bond donors (Lipinski definition) is 2. The quantitative estimate of drug-likeness (QED) is 0.780. The summed E-state index contributed by atoms with van der Waals surface area (Å²) >= 11 is 0. The predicted octanol–water partition coefficient (Wildman–Crippen LogP) is 2.38. The number of carboxylic acids is 1. The van der Waals surface area contributed by atoms with Gasteiger partial charge < -0.3 is 15.6 Å². The Labute approximate surface area is 108 Å².